The van der Waals surface area contributed by atoms with Crippen molar-refractivity contribution in [2.75, 3.05) is 19.3 Å². The number of nitrogen functional groups attached to an aromatic ring is 1. The van der Waals surface area contributed by atoms with Crippen molar-refractivity contribution in [3.8, 4) is 0 Å². The largest absolute Gasteiger partial charge is 0.399 e. The minimum absolute atomic E-state index is 0.0509. The number of hydrogen-bond acceptors (Lipinski definition) is 3. The molecule has 1 aromatic rings. The lowest BCUT2D eigenvalue weighted by atomic mass is 10.1. The first-order valence-electron chi connectivity index (χ1n) is 6.12. The molecule has 1 aromatic carbocycles. The third-order valence-corrected chi connectivity index (χ3v) is 3.29. The fraction of sp³-hybridized carbons (Fsp3) is 0.385. The van der Waals surface area contributed by atoms with Crippen molar-refractivity contribution in [1.29, 1.82) is 0 Å². The summed E-state index contributed by atoms with van der Waals surface area (Å²) in [7, 11) is 1.52. The summed E-state index contributed by atoms with van der Waals surface area (Å²) in [6, 6.07) is 3.42. The van der Waals surface area contributed by atoms with Gasteiger partial charge in [0.1, 0.15) is 11.9 Å². The molecule has 0 aromatic heterocycles. The van der Waals surface area contributed by atoms with Crippen LogP contribution in [0.25, 0.3) is 0 Å². The summed E-state index contributed by atoms with van der Waals surface area (Å²) >= 11 is 0. The fourth-order valence-corrected chi connectivity index (χ4v) is 2.31. The molecule has 2 amide bonds. The molecule has 0 spiro atoms. The van der Waals surface area contributed by atoms with Crippen LogP contribution >= 0.6 is 0 Å². The van der Waals surface area contributed by atoms with Crippen LogP contribution in [0.3, 0.4) is 0 Å². The van der Waals surface area contributed by atoms with E-state index < -0.39 is 17.8 Å². The van der Waals surface area contributed by atoms with Gasteiger partial charge < -0.3 is 16.0 Å². The molecule has 0 radical (unpaired) electrons. The second kappa shape index (κ2) is 5.26. The van der Waals surface area contributed by atoms with E-state index in [2.05, 4.69) is 5.32 Å². The first kappa shape index (κ1) is 13.3. The molecule has 5 nitrogen and oxygen atoms in total. The third kappa shape index (κ3) is 2.52. The van der Waals surface area contributed by atoms with Crippen molar-refractivity contribution in [3.05, 3.63) is 29.6 Å². The predicted molar refractivity (Wildman–Crippen MR) is 68.9 cm³/mol. The standard InChI is InChI=1S/C13H16FN3O2/c1-16-12(18)11-3-2-6-17(11)13(19)9-5-4-8(15)7-10(9)14/h4-5,7,11H,2-3,6,15H2,1H3,(H,16,18). The number of rotatable bonds is 2. The normalized spacial score (nSPS) is 18.4. The van der Waals surface area contributed by atoms with Crippen LogP contribution in [0.15, 0.2) is 18.2 Å². The zero-order chi connectivity index (χ0) is 14.0. The van der Waals surface area contributed by atoms with Crippen molar-refractivity contribution < 1.29 is 14.0 Å². The summed E-state index contributed by atoms with van der Waals surface area (Å²) in [6.45, 7) is 0.459. The minimum atomic E-state index is -0.660. The van der Waals surface area contributed by atoms with Gasteiger partial charge in [-0.25, -0.2) is 4.39 Å². The van der Waals surface area contributed by atoms with Gasteiger partial charge in [-0.05, 0) is 31.0 Å². The molecule has 1 fully saturated rings. The smallest absolute Gasteiger partial charge is 0.257 e. The Hall–Kier alpha value is -2.11. The molecule has 0 saturated carbocycles. The number of amides is 2. The van der Waals surface area contributed by atoms with Gasteiger partial charge in [-0.1, -0.05) is 0 Å². The third-order valence-electron chi connectivity index (χ3n) is 3.29. The summed E-state index contributed by atoms with van der Waals surface area (Å²) in [4.78, 5) is 25.4. The molecule has 1 aliphatic rings. The van der Waals surface area contributed by atoms with Gasteiger partial charge in [0.15, 0.2) is 0 Å². The number of anilines is 1. The van der Waals surface area contributed by atoms with Gasteiger partial charge in [0.25, 0.3) is 5.91 Å². The molecule has 6 heteroatoms. The minimum Gasteiger partial charge on any atom is -0.399 e. The summed E-state index contributed by atoms with van der Waals surface area (Å²) < 4.78 is 13.7. The number of nitrogens with one attached hydrogen (secondary N) is 1. The molecule has 0 aliphatic carbocycles. The Balaban J connectivity index is 2.25. The van der Waals surface area contributed by atoms with Crippen molar-refractivity contribution in [1.82, 2.24) is 10.2 Å². The molecule has 3 N–H and O–H groups in total. The molecule has 2 rings (SSSR count). The fourth-order valence-electron chi connectivity index (χ4n) is 2.31. The number of nitrogens with zero attached hydrogens (tertiary/aromatic N) is 1. The summed E-state index contributed by atoms with van der Waals surface area (Å²) in [6.07, 6.45) is 1.34. The Morgan fingerprint density at radius 1 is 1.47 bits per heavy atom. The molecule has 19 heavy (non-hydrogen) atoms. The lowest BCUT2D eigenvalue weighted by molar-refractivity contribution is -0.124. The number of carbonyl (C=O) groups excluding carboxylic acids is 2. The maximum Gasteiger partial charge on any atom is 0.257 e. The number of benzene rings is 1. The van der Waals surface area contributed by atoms with Crippen LogP contribution in [-0.4, -0.2) is 36.3 Å². The summed E-state index contributed by atoms with van der Waals surface area (Å²) in [5, 5.41) is 2.52. The van der Waals surface area contributed by atoms with E-state index in [0.717, 1.165) is 12.5 Å². The van der Waals surface area contributed by atoms with Crippen LogP contribution in [-0.2, 0) is 4.79 Å². The van der Waals surface area contributed by atoms with Gasteiger partial charge in [-0.3, -0.25) is 9.59 Å². The zero-order valence-corrected chi connectivity index (χ0v) is 10.6. The van der Waals surface area contributed by atoms with E-state index in [-0.39, 0.29) is 17.2 Å². The van der Waals surface area contributed by atoms with E-state index >= 15 is 0 Å². The second-order valence-electron chi connectivity index (χ2n) is 4.51. The molecule has 1 saturated heterocycles. The van der Waals surface area contributed by atoms with Gasteiger partial charge in [0.05, 0.1) is 5.56 Å². The molecular formula is C13H16FN3O2. The average Bonchev–Trinajstić information content (AvgIpc) is 2.86. The molecule has 1 unspecified atom stereocenters. The summed E-state index contributed by atoms with van der Waals surface area (Å²) in [5.41, 5.74) is 5.66. The molecule has 102 valence electrons. The van der Waals surface area contributed by atoms with Crippen molar-refractivity contribution >= 4 is 17.5 Å². The maximum atomic E-state index is 13.7. The Labute approximate surface area is 110 Å². The number of likely N-dealkylation sites (N-methyl/N-ethyl adjacent to an activating group) is 1. The predicted octanol–water partition coefficient (Wildman–Crippen LogP) is 0.758. The van der Waals surface area contributed by atoms with E-state index in [4.69, 9.17) is 5.73 Å². The zero-order valence-electron chi connectivity index (χ0n) is 10.6. The highest BCUT2D eigenvalue weighted by atomic mass is 19.1. The van der Waals surface area contributed by atoms with Crippen LogP contribution in [0.4, 0.5) is 10.1 Å². The second-order valence-corrected chi connectivity index (χ2v) is 4.51. The molecule has 0 bridgehead atoms. The summed E-state index contributed by atoms with van der Waals surface area (Å²) in [5.74, 6) is -1.35. The van der Waals surface area contributed by atoms with Gasteiger partial charge in [-0.15, -0.1) is 0 Å². The van der Waals surface area contributed by atoms with E-state index in [0.29, 0.717) is 13.0 Å². The van der Waals surface area contributed by atoms with E-state index in [1.807, 2.05) is 0 Å². The lowest BCUT2D eigenvalue weighted by Gasteiger charge is -2.23. The molecule has 1 aliphatic heterocycles. The van der Waals surface area contributed by atoms with Crippen molar-refractivity contribution in [2.24, 2.45) is 0 Å². The van der Waals surface area contributed by atoms with E-state index in [9.17, 15) is 14.0 Å². The first-order valence-corrected chi connectivity index (χ1v) is 6.12. The van der Waals surface area contributed by atoms with Crippen LogP contribution < -0.4 is 11.1 Å². The SMILES string of the molecule is CNC(=O)C1CCCN1C(=O)c1ccc(N)cc1F. The Morgan fingerprint density at radius 2 is 2.21 bits per heavy atom. The maximum absolute atomic E-state index is 13.7. The molecule has 1 heterocycles. The lowest BCUT2D eigenvalue weighted by Crippen LogP contribution is -2.45. The molecule has 1 atom stereocenters. The Morgan fingerprint density at radius 3 is 2.84 bits per heavy atom. The monoisotopic (exact) mass is 265 g/mol. The highest BCUT2D eigenvalue weighted by Crippen LogP contribution is 2.22. The van der Waals surface area contributed by atoms with Gasteiger partial charge >= 0.3 is 0 Å². The number of hydrogen-bond donors (Lipinski definition) is 2. The number of likely N-dealkylation sites (tertiary alicyclic amines) is 1. The van der Waals surface area contributed by atoms with Gasteiger partial charge in [0, 0.05) is 19.3 Å². The van der Waals surface area contributed by atoms with Crippen LogP contribution in [0.5, 0.6) is 0 Å². The Kier molecular flexibility index (Phi) is 3.69. The molecular weight excluding hydrogens is 249 g/mol. The van der Waals surface area contributed by atoms with E-state index in [1.165, 1.54) is 24.1 Å². The topological polar surface area (TPSA) is 75.4 Å². The van der Waals surface area contributed by atoms with Crippen LogP contribution in [0, 0.1) is 5.82 Å². The number of halogens is 1. The van der Waals surface area contributed by atoms with Crippen LogP contribution in [0.1, 0.15) is 23.2 Å². The van der Waals surface area contributed by atoms with Gasteiger partial charge in [-0.2, -0.15) is 0 Å². The number of carbonyl (C=O) groups is 2. The van der Waals surface area contributed by atoms with Crippen molar-refractivity contribution in [3.63, 3.8) is 0 Å². The van der Waals surface area contributed by atoms with Gasteiger partial charge in [0.2, 0.25) is 5.91 Å². The van der Waals surface area contributed by atoms with Crippen molar-refractivity contribution in [2.45, 2.75) is 18.9 Å². The number of nitrogens with two attached hydrogens (primary N) is 1. The average molecular weight is 265 g/mol. The Bertz CT molecular complexity index is 519. The first-order chi connectivity index (χ1) is 9.04. The highest BCUT2D eigenvalue weighted by molar-refractivity contribution is 5.98. The van der Waals surface area contributed by atoms with Crippen LogP contribution in [0.2, 0.25) is 0 Å². The highest BCUT2D eigenvalue weighted by Gasteiger charge is 2.34. The van der Waals surface area contributed by atoms with E-state index in [1.54, 1.807) is 0 Å². The quantitative estimate of drug-likeness (QED) is 0.775.